The maximum Gasteiger partial charge on any atom is 0.337 e. The molecule has 2 aromatic carbocycles. The van der Waals surface area contributed by atoms with E-state index in [0.717, 1.165) is 17.0 Å². The second kappa shape index (κ2) is 6.46. The summed E-state index contributed by atoms with van der Waals surface area (Å²) in [4.78, 5) is 16.3. The number of rotatable bonds is 3. The molecule has 4 aromatic rings. The van der Waals surface area contributed by atoms with Gasteiger partial charge in [-0.05, 0) is 66.3 Å². The van der Waals surface area contributed by atoms with Crippen LogP contribution in [0.2, 0.25) is 0 Å². The molecular weight excluding hydrogens is 342 g/mol. The van der Waals surface area contributed by atoms with Crippen LogP contribution in [0.1, 0.15) is 21.5 Å². The van der Waals surface area contributed by atoms with Crippen LogP contribution in [0.3, 0.4) is 0 Å². The van der Waals surface area contributed by atoms with E-state index in [-0.39, 0.29) is 5.97 Å². The fourth-order valence-corrected chi connectivity index (χ4v) is 4.32. The third-order valence-electron chi connectivity index (χ3n) is 4.67. The minimum Gasteiger partial charge on any atom is -0.465 e. The minimum atomic E-state index is -0.320. The summed E-state index contributed by atoms with van der Waals surface area (Å²) >= 11 is 1.82. The van der Waals surface area contributed by atoms with Gasteiger partial charge in [0.25, 0.3) is 0 Å². The molecule has 26 heavy (non-hydrogen) atoms. The van der Waals surface area contributed by atoms with Gasteiger partial charge in [-0.2, -0.15) is 0 Å². The van der Waals surface area contributed by atoms with Crippen LogP contribution < -0.4 is 0 Å². The zero-order valence-corrected chi connectivity index (χ0v) is 15.7. The maximum atomic E-state index is 11.6. The number of methoxy groups -OCH3 is 1. The average molecular weight is 361 g/mol. The van der Waals surface area contributed by atoms with Crippen molar-refractivity contribution in [3.05, 3.63) is 71.3 Å². The summed E-state index contributed by atoms with van der Waals surface area (Å²) in [6, 6.07) is 18.2. The number of carbonyl (C=O) groups is 1. The molecular formula is C22H19NO2S. The summed E-state index contributed by atoms with van der Waals surface area (Å²) in [5.41, 5.74) is 6.35. The Hall–Kier alpha value is -2.85. The van der Waals surface area contributed by atoms with Gasteiger partial charge in [0.05, 0.1) is 23.2 Å². The van der Waals surface area contributed by atoms with Gasteiger partial charge in [0.15, 0.2) is 0 Å². The van der Waals surface area contributed by atoms with Crippen molar-refractivity contribution < 1.29 is 9.53 Å². The number of aromatic nitrogens is 1. The third-order valence-corrected chi connectivity index (χ3v) is 5.97. The number of hydrogen-bond donors (Lipinski definition) is 1. The van der Waals surface area contributed by atoms with E-state index in [9.17, 15) is 4.79 Å². The van der Waals surface area contributed by atoms with Crippen LogP contribution >= 0.6 is 11.3 Å². The first kappa shape index (κ1) is 16.6. The molecule has 0 aliphatic heterocycles. The van der Waals surface area contributed by atoms with E-state index in [1.165, 1.54) is 33.2 Å². The highest BCUT2D eigenvalue weighted by molar-refractivity contribution is 7.22. The van der Waals surface area contributed by atoms with E-state index in [2.05, 4.69) is 49.2 Å². The lowest BCUT2D eigenvalue weighted by molar-refractivity contribution is 0.0601. The van der Waals surface area contributed by atoms with E-state index in [1.807, 2.05) is 23.5 Å². The Labute approximate surface area is 156 Å². The highest BCUT2D eigenvalue weighted by Gasteiger charge is 2.11. The number of aryl methyl sites for hydroxylation is 2. The van der Waals surface area contributed by atoms with E-state index >= 15 is 0 Å². The predicted octanol–water partition coefficient (Wildman–Crippen LogP) is 5.97. The molecule has 0 aliphatic rings. The van der Waals surface area contributed by atoms with E-state index < -0.39 is 0 Å². The quantitative estimate of drug-likeness (QED) is 0.457. The van der Waals surface area contributed by atoms with Crippen LogP contribution in [-0.2, 0) is 4.74 Å². The molecule has 0 saturated carbocycles. The number of fused-ring (bicyclic) bond motifs is 1. The topological polar surface area (TPSA) is 42.1 Å². The second-order valence-electron chi connectivity index (χ2n) is 6.41. The molecule has 2 aromatic heterocycles. The van der Waals surface area contributed by atoms with Crippen LogP contribution in [0.5, 0.6) is 0 Å². The van der Waals surface area contributed by atoms with Crippen molar-refractivity contribution in [2.45, 2.75) is 13.8 Å². The molecule has 0 spiro atoms. The Kier molecular flexibility index (Phi) is 4.13. The Morgan fingerprint density at radius 1 is 0.923 bits per heavy atom. The molecule has 0 aliphatic carbocycles. The van der Waals surface area contributed by atoms with E-state index in [1.54, 1.807) is 12.1 Å². The van der Waals surface area contributed by atoms with Crippen molar-refractivity contribution >= 4 is 27.4 Å². The number of hydrogen-bond acceptors (Lipinski definition) is 3. The Balaban J connectivity index is 1.69. The number of H-pyrrole nitrogens is 1. The largest absolute Gasteiger partial charge is 0.465 e. The van der Waals surface area contributed by atoms with Gasteiger partial charge in [-0.3, -0.25) is 0 Å². The zero-order valence-electron chi connectivity index (χ0n) is 14.9. The summed E-state index contributed by atoms with van der Waals surface area (Å²) < 4.78 is 6.09. The summed E-state index contributed by atoms with van der Waals surface area (Å²) in [5, 5.41) is 1.32. The molecule has 4 heteroatoms. The predicted molar refractivity (Wildman–Crippen MR) is 108 cm³/mol. The lowest BCUT2D eigenvalue weighted by Crippen LogP contribution is -2.00. The van der Waals surface area contributed by atoms with Crippen LogP contribution in [0.25, 0.3) is 31.9 Å². The lowest BCUT2D eigenvalue weighted by atomic mass is 10.1. The highest BCUT2D eigenvalue weighted by Crippen LogP contribution is 2.37. The molecule has 0 saturated heterocycles. The van der Waals surface area contributed by atoms with Gasteiger partial charge in [0, 0.05) is 10.4 Å². The van der Waals surface area contributed by atoms with Gasteiger partial charge < -0.3 is 9.72 Å². The number of aromatic amines is 1. The van der Waals surface area contributed by atoms with Crippen molar-refractivity contribution in [2.75, 3.05) is 7.11 Å². The fraction of sp³-hybridized carbons (Fsp3) is 0.136. The van der Waals surface area contributed by atoms with Gasteiger partial charge in [-0.1, -0.05) is 24.3 Å². The van der Waals surface area contributed by atoms with E-state index in [0.29, 0.717) is 5.56 Å². The summed E-state index contributed by atoms with van der Waals surface area (Å²) in [5.74, 6) is -0.320. The molecule has 0 radical (unpaired) electrons. The number of benzene rings is 2. The van der Waals surface area contributed by atoms with Gasteiger partial charge in [-0.25, -0.2) is 4.79 Å². The molecule has 0 atom stereocenters. The molecule has 0 unspecified atom stereocenters. The van der Waals surface area contributed by atoms with Gasteiger partial charge >= 0.3 is 5.97 Å². The summed E-state index contributed by atoms with van der Waals surface area (Å²) in [7, 11) is 1.39. The van der Waals surface area contributed by atoms with Gasteiger partial charge in [0.2, 0.25) is 0 Å². The number of esters is 1. The third kappa shape index (κ3) is 2.82. The molecule has 2 heterocycles. The number of thiophene rings is 1. The van der Waals surface area contributed by atoms with Crippen molar-refractivity contribution in [1.29, 1.82) is 0 Å². The van der Waals surface area contributed by atoms with Crippen LogP contribution in [0.15, 0.2) is 54.6 Å². The number of nitrogens with one attached hydrogen (secondary N) is 1. The first-order valence-electron chi connectivity index (χ1n) is 8.44. The molecule has 0 fully saturated rings. The lowest BCUT2D eigenvalue weighted by Gasteiger charge is -2.01. The normalized spacial score (nSPS) is 11.0. The van der Waals surface area contributed by atoms with Crippen molar-refractivity contribution in [2.24, 2.45) is 0 Å². The molecule has 0 amide bonds. The van der Waals surface area contributed by atoms with Crippen LogP contribution in [0, 0.1) is 13.8 Å². The smallest absolute Gasteiger partial charge is 0.337 e. The number of carbonyl (C=O) groups excluding carboxylic acids is 1. The average Bonchev–Trinajstić information content (AvgIpc) is 3.32. The standard InChI is InChI=1S/C22H19NO2S/c1-13-4-5-14(2)21-17(13)12-20(26-21)19-11-10-18(23-19)15-6-8-16(9-7-15)22(24)25-3/h4-12,23H,1-3H3. The van der Waals surface area contributed by atoms with E-state index in [4.69, 9.17) is 4.74 Å². The van der Waals surface area contributed by atoms with Crippen molar-refractivity contribution in [1.82, 2.24) is 4.98 Å². The first-order valence-corrected chi connectivity index (χ1v) is 9.26. The Bertz CT molecular complexity index is 1060. The Morgan fingerprint density at radius 3 is 2.31 bits per heavy atom. The molecule has 0 bridgehead atoms. The molecule has 4 rings (SSSR count). The molecule has 1 N–H and O–H groups in total. The first-order chi connectivity index (χ1) is 12.6. The summed E-state index contributed by atoms with van der Waals surface area (Å²) in [6.45, 7) is 4.31. The fourth-order valence-electron chi connectivity index (χ4n) is 3.14. The van der Waals surface area contributed by atoms with Crippen LogP contribution in [-0.4, -0.2) is 18.1 Å². The SMILES string of the molecule is COC(=O)c1ccc(-c2ccc(-c3cc4c(C)ccc(C)c4s3)[nH]2)cc1. The monoisotopic (exact) mass is 361 g/mol. The second-order valence-corrected chi connectivity index (χ2v) is 7.46. The summed E-state index contributed by atoms with van der Waals surface area (Å²) in [6.07, 6.45) is 0. The number of ether oxygens (including phenoxy) is 1. The van der Waals surface area contributed by atoms with Gasteiger partial charge in [0.1, 0.15) is 0 Å². The zero-order chi connectivity index (χ0) is 18.3. The van der Waals surface area contributed by atoms with Crippen molar-refractivity contribution in [3.8, 4) is 21.8 Å². The molecule has 3 nitrogen and oxygen atoms in total. The maximum absolute atomic E-state index is 11.6. The minimum absolute atomic E-state index is 0.320. The van der Waals surface area contributed by atoms with Crippen molar-refractivity contribution in [3.63, 3.8) is 0 Å². The highest BCUT2D eigenvalue weighted by atomic mass is 32.1. The van der Waals surface area contributed by atoms with Crippen LogP contribution in [0.4, 0.5) is 0 Å². The Morgan fingerprint density at radius 2 is 1.62 bits per heavy atom. The molecule has 130 valence electrons. The van der Waals surface area contributed by atoms with Gasteiger partial charge in [-0.15, -0.1) is 11.3 Å².